The molecule has 2 aromatic carbocycles. The fourth-order valence-corrected chi connectivity index (χ4v) is 2.69. The van der Waals surface area contributed by atoms with Crippen LogP contribution in [0, 0.1) is 12.7 Å². The van der Waals surface area contributed by atoms with Crippen molar-refractivity contribution in [1.29, 1.82) is 0 Å². The third kappa shape index (κ3) is 3.04. The van der Waals surface area contributed by atoms with Gasteiger partial charge in [-0.25, -0.2) is 4.39 Å². The third-order valence-corrected chi connectivity index (χ3v) is 4.02. The quantitative estimate of drug-likeness (QED) is 0.904. The van der Waals surface area contributed by atoms with Gasteiger partial charge in [0.05, 0.1) is 24.7 Å². The van der Waals surface area contributed by atoms with Crippen LogP contribution in [0.4, 0.5) is 4.39 Å². The lowest BCUT2D eigenvalue weighted by molar-refractivity contribution is 0.394. The Bertz CT molecular complexity index is 661. The predicted molar refractivity (Wildman–Crippen MR) is 84.4 cm³/mol. The van der Waals surface area contributed by atoms with E-state index in [9.17, 15) is 4.39 Å². The van der Waals surface area contributed by atoms with Crippen molar-refractivity contribution >= 4 is 15.9 Å². The molecule has 0 spiro atoms. The highest BCUT2D eigenvalue weighted by atomic mass is 79.9. The van der Waals surface area contributed by atoms with Gasteiger partial charge in [-0.15, -0.1) is 0 Å². The maximum absolute atomic E-state index is 14.3. The van der Waals surface area contributed by atoms with E-state index in [-0.39, 0.29) is 5.82 Å². The Morgan fingerprint density at radius 3 is 2.38 bits per heavy atom. The van der Waals surface area contributed by atoms with E-state index >= 15 is 0 Å². The average molecular weight is 354 g/mol. The SMILES string of the molecule is COc1cc(C(N)c2cccc(C)c2F)c(OC)cc1Br. The average Bonchev–Trinajstić information content (AvgIpc) is 2.49. The van der Waals surface area contributed by atoms with Crippen LogP contribution in [0.5, 0.6) is 11.5 Å². The number of methoxy groups -OCH3 is 2. The van der Waals surface area contributed by atoms with Gasteiger partial charge >= 0.3 is 0 Å². The normalized spacial score (nSPS) is 12.1. The molecule has 0 saturated carbocycles. The summed E-state index contributed by atoms with van der Waals surface area (Å²) in [5.41, 5.74) is 7.90. The Morgan fingerprint density at radius 1 is 1.10 bits per heavy atom. The molecule has 0 amide bonds. The molecule has 2 rings (SSSR count). The number of hydrogen-bond donors (Lipinski definition) is 1. The zero-order chi connectivity index (χ0) is 15.6. The van der Waals surface area contributed by atoms with E-state index in [0.29, 0.717) is 28.2 Å². The van der Waals surface area contributed by atoms with Gasteiger partial charge in [0, 0.05) is 11.1 Å². The highest BCUT2D eigenvalue weighted by molar-refractivity contribution is 9.10. The molecular weight excluding hydrogens is 337 g/mol. The Morgan fingerprint density at radius 2 is 1.76 bits per heavy atom. The maximum atomic E-state index is 14.3. The first-order valence-electron chi connectivity index (χ1n) is 6.41. The van der Waals surface area contributed by atoms with Gasteiger partial charge in [-0.05, 0) is 40.5 Å². The number of hydrogen-bond acceptors (Lipinski definition) is 3. The van der Waals surface area contributed by atoms with Crippen LogP contribution in [-0.4, -0.2) is 14.2 Å². The summed E-state index contributed by atoms with van der Waals surface area (Å²) in [5, 5.41) is 0. The molecule has 0 aliphatic rings. The second-order valence-electron chi connectivity index (χ2n) is 4.68. The topological polar surface area (TPSA) is 44.5 Å². The number of aryl methyl sites for hydroxylation is 1. The minimum absolute atomic E-state index is 0.297. The monoisotopic (exact) mass is 353 g/mol. The van der Waals surface area contributed by atoms with Gasteiger partial charge in [-0.3, -0.25) is 0 Å². The van der Waals surface area contributed by atoms with Crippen molar-refractivity contribution in [1.82, 2.24) is 0 Å². The Labute approximate surface area is 132 Å². The lowest BCUT2D eigenvalue weighted by atomic mass is 9.96. The zero-order valence-electron chi connectivity index (χ0n) is 12.1. The number of ether oxygens (including phenoxy) is 2. The molecule has 5 heteroatoms. The predicted octanol–water partition coefficient (Wildman–Crippen LogP) is 3.96. The van der Waals surface area contributed by atoms with Gasteiger partial charge in [-0.1, -0.05) is 18.2 Å². The minimum Gasteiger partial charge on any atom is -0.496 e. The third-order valence-electron chi connectivity index (χ3n) is 3.40. The molecular formula is C16H17BrFNO2. The molecule has 2 N–H and O–H groups in total. The summed E-state index contributed by atoms with van der Waals surface area (Å²) < 4.78 is 25.6. The smallest absolute Gasteiger partial charge is 0.133 e. The summed E-state index contributed by atoms with van der Waals surface area (Å²) in [5.74, 6) is 0.902. The molecule has 3 nitrogen and oxygen atoms in total. The number of halogens is 2. The van der Waals surface area contributed by atoms with Crippen molar-refractivity contribution in [2.45, 2.75) is 13.0 Å². The molecule has 0 heterocycles. The summed E-state index contributed by atoms with van der Waals surface area (Å²) in [6.07, 6.45) is 0. The van der Waals surface area contributed by atoms with Gasteiger partial charge in [0.25, 0.3) is 0 Å². The standard InChI is InChI=1S/C16H17BrFNO2/c1-9-5-4-6-10(15(9)18)16(19)11-7-14(21-3)12(17)8-13(11)20-2/h4-8,16H,19H2,1-3H3. The summed E-state index contributed by atoms with van der Waals surface area (Å²) in [7, 11) is 3.12. The molecule has 112 valence electrons. The molecule has 0 aliphatic carbocycles. The van der Waals surface area contributed by atoms with Crippen molar-refractivity contribution in [2.24, 2.45) is 5.73 Å². The highest BCUT2D eigenvalue weighted by Crippen LogP contribution is 2.37. The summed E-state index contributed by atoms with van der Waals surface area (Å²) in [4.78, 5) is 0. The highest BCUT2D eigenvalue weighted by Gasteiger charge is 2.20. The van der Waals surface area contributed by atoms with E-state index < -0.39 is 6.04 Å². The van der Waals surface area contributed by atoms with Crippen molar-refractivity contribution in [3.8, 4) is 11.5 Å². The van der Waals surface area contributed by atoms with Crippen LogP contribution in [-0.2, 0) is 0 Å². The van der Waals surface area contributed by atoms with Crippen LogP contribution in [0.25, 0.3) is 0 Å². The Hall–Kier alpha value is -1.59. The second-order valence-corrected chi connectivity index (χ2v) is 5.54. The van der Waals surface area contributed by atoms with Crippen LogP contribution >= 0.6 is 15.9 Å². The Balaban J connectivity index is 2.56. The van der Waals surface area contributed by atoms with Gasteiger partial charge < -0.3 is 15.2 Å². The molecule has 0 bridgehead atoms. The molecule has 1 unspecified atom stereocenters. The molecule has 0 aliphatic heterocycles. The van der Waals surface area contributed by atoms with Gasteiger partial charge in [0.1, 0.15) is 17.3 Å². The van der Waals surface area contributed by atoms with E-state index in [2.05, 4.69) is 15.9 Å². The fourth-order valence-electron chi connectivity index (χ4n) is 2.20. The minimum atomic E-state index is -0.637. The lowest BCUT2D eigenvalue weighted by Gasteiger charge is -2.19. The Kier molecular flexibility index (Phi) is 4.85. The van der Waals surface area contributed by atoms with Crippen LogP contribution in [0.2, 0.25) is 0 Å². The van der Waals surface area contributed by atoms with Crippen LogP contribution in [0.1, 0.15) is 22.7 Å². The van der Waals surface area contributed by atoms with Crippen molar-refractivity contribution < 1.29 is 13.9 Å². The lowest BCUT2D eigenvalue weighted by Crippen LogP contribution is -2.15. The largest absolute Gasteiger partial charge is 0.496 e. The van der Waals surface area contributed by atoms with Crippen molar-refractivity contribution in [3.63, 3.8) is 0 Å². The van der Waals surface area contributed by atoms with Crippen LogP contribution < -0.4 is 15.2 Å². The number of rotatable bonds is 4. The zero-order valence-corrected chi connectivity index (χ0v) is 13.7. The molecule has 0 radical (unpaired) electrons. The first kappa shape index (κ1) is 15.8. The fraction of sp³-hybridized carbons (Fsp3) is 0.250. The van der Waals surface area contributed by atoms with Gasteiger partial charge in [0.2, 0.25) is 0 Å². The molecule has 2 aromatic rings. The van der Waals surface area contributed by atoms with Crippen molar-refractivity contribution in [3.05, 3.63) is 57.3 Å². The van der Waals surface area contributed by atoms with Crippen molar-refractivity contribution in [2.75, 3.05) is 14.2 Å². The summed E-state index contributed by atoms with van der Waals surface area (Å²) in [6, 6.07) is 8.07. The molecule has 0 aromatic heterocycles. The molecule has 21 heavy (non-hydrogen) atoms. The van der Waals surface area contributed by atoms with Crippen LogP contribution in [0.3, 0.4) is 0 Å². The van der Waals surface area contributed by atoms with E-state index in [1.807, 2.05) is 0 Å². The molecule has 0 fully saturated rings. The molecule has 0 saturated heterocycles. The van der Waals surface area contributed by atoms with Gasteiger partial charge in [-0.2, -0.15) is 0 Å². The first-order chi connectivity index (χ1) is 9.99. The maximum Gasteiger partial charge on any atom is 0.133 e. The summed E-state index contributed by atoms with van der Waals surface area (Å²) in [6.45, 7) is 1.71. The first-order valence-corrected chi connectivity index (χ1v) is 7.21. The number of nitrogens with two attached hydrogens (primary N) is 1. The molecule has 1 atom stereocenters. The van der Waals surface area contributed by atoms with Gasteiger partial charge in [0.15, 0.2) is 0 Å². The summed E-state index contributed by atoms with van der Waals surface area (Å²) >= 11 is 3.39. The second kappa shape index (κ2) is 6.45. The number of benzene rings is 2. The van der Waals surface area contributed by atoms with E-state index in [1.54, 1.807) is 51.5 Å². The van der Waals surface area contributed by atoms with E-state index in [4.69, 9.17) is 15.2 Å². The van der Waals surface area contributed by atoms with E-state index in [1.165, 1.54) is 0 Å². The van der Waals surface area contributed by atoms with Crippen LogP contribution in [0.15, 0.2) is 34.8 Å². The van der Waals surface area contributed by atoms with E-state index in [0.717, 1.165) is 4.47 Å².